The van der Waals surface area contributed by atoms with Crippen LogP contribution in [-0.4, -0.2) is 48.9 Å². The van der Waals surface area contributed by atoms with Crippen LogP contribution in [0.4, 0.5) is 0 Å². The number of amides is 2. The Morgan fingerprint density at radius 2 is 2.38 bits per heavy atom. The summed E-state index contributed by atoms with van der Waals surface area (Å²) in [4.78, 5) is 26.1. The number of likely N-dealkylation sites (tertiary alicyclic amines) is 1. The van der Waals surface area contributed by atoms with Crippen molar-refractivity contribution in [2.75, 3.05) is 26.2 Å². The molecule has 1 fully saturated rings. The lowest BCUT2D eigenvalue weighted by atomic mass is 10.1. The van der Waals surface area contributed by atoms with Gasteiger partial charge in [0.05, 0.1) is 5.92 Å². The van der Waals surface area contributed by atoms with Crippen LogP contribution < -0.4 is 10.6 Å². The number of hydrogen-bond donors (Lipinski definition) is 2. The highest BCUT2D eigenvalue weighted by Gasteiger charge is 2.36. The first-order valence-electron chi connectivity index (χ1n) is 8.07. The van der Waals surface area contributed by atoms with Crippen LogP contribution in [-0.2, 0) is 9.59 Å². The smallest absolute Gasteiger partial charge is 0.225 e. The summed E-state index contributed by atoms with van der Waals surface area (Å²) in [6.07, 6.45) is 5.55. The molecule has 2 heterocycles. The Hall–Kier alpha value is -1.36. The van der Waals surface area contributed by atoms with Crippen molar-refractivity contribution in [2.45, 2.75) is 45.6 Å². The first kappa shape index (κ1) is 16.0. The lowest BCUT2D eigenvalue weighted by Crippen LogP contribution is -2.37. The van der Waals surface area contributed by atoms with Crippen LogP contribution in [0.2, 0.25) is 0 Å². The van der Waals surface area contributed by atoms with Gasteiger partial charge in [-0.2, -0.15) is 0 Å². The summed E-state index contributed by atoms with van der Waals surface area (Å²) in [5.41, 5.74) is 1.28. The topological polar surface area (TPSA) is 61.4 Å². The van der Waals surface area contributed by atoms with Crippen molar-refractivity contribution in [1.29, 1.82) is 0 Å². The maximum Gasteiger partial charge on any atom is 0.225 e. The molecule has 1 saturated heterocycles. The highest BCUT2D eigenvalue weighted by atomic mass is 16.2. The summed E-state index contributed by atoms with van der Waals surface area (Å²) in [6, 6.07) is 0.243. The minimum absolute atomic E-state index is 0.0222. The van der Waals surface area contributed by atoms with Gasteiger partial charge in [-0.1, -0.05) is 25.0 Å². The first-order valence-corrected chi connectivity index (χ1v) is 8.07. The maximum absolute atomic E-state index is 12.2. The van der Waals surface area contributed by atoms with Gasteiger partial charge < -0.3 is 15.5 Å². The highest BCUT2D eigenvalue weighted by molar-refractivity contribution is 5.89. The molecule has 5 nitrogen and oxygen atoms in total. The van der Waals surface area contributed by atoms with E-state index in [0.29, 0.717) is 19.5 Å². The second-order valence-electron chi connectivity index (χ2n) is 6.12. The Labute approximate surface area is 127 Å². The van der Waals surface area contributed by atoms with Gasteiger partial charge in [-0.15, -0.1) is 0 Å². The quantitative estimate of drug-likeness (QED) is 0.720. The second-order valence-corrected chi connectivity index (χ2v) is 6.12. The van der Waals surface area contributed by atoms with E-state index in [-0.39, 0.29) is 23.8 Å². The van der Waals surface area contributed by atoms with E-state index in [9.17, 15) is 9.59 Å². The molecule has 0 aromatic carbocycles. The molecule has 5 heteroatoms. The molecule has 0 saturated carbocycles. The fourth-order valence-corrected chi connectivity index (χ4v) is 3.08. The summed E-state index contributed by atoms with van der Waals surface area (Å²) < 4.78 is 0. The van der Waals surface area contributed by atoms with Crippen molar-refractivity contribution in [3.05, 3.63) is 11.6 Å². The summed E-state index contributed by atoms with van der Waals surface area (Å²) in [7, 11) is 0. The Morgan fingerprint density at radius 1 is 1.57 bits per heavy atom. The van der Waals surface area contributed by atoms with Gasteiger partial charge in [-0.25, -0.2) is 0 Å². The lowest BCUT2D eigenvalue weighted by Gasteiger charge is -2.24. The van der Waals surface area contributed by atoms with E-state index in [4.69, 9.17) is 0 Å². The molecule has 2 aliphatic rings. The van der Waals surface area contributed by atoms with Crippen molar-refractivity contribution in [3.8, 4) is 0 Å². The number of nitrogens with zero attached hydrogens (tertiary/aromatic N) is 1. The zero-order valence-electron chi connectivity index (χ0n) is 13.2. The van der Waals surface area contributed by atoms with Crippen molar-refractivity contribution in [1.82, 2.24) is 15.5 Å². The number of nitrogens with one attached hydrogen (secondary N) is 2. The van der Waals surface area contributed by atoms with Crippen LogP contribution in [0, 0.1) is 5.92 Å². The van der Waals surface area contributed by atoms with Crippen LogP contribution in [0.3, 0.4) is 0 Å². The minimum Gasteiger partial charge on any atom is -0.352 e. The molecule has 0 aromatic heterocycles. The first-order chi connectivity index (χ1) is 10.1. The van der Waals surface area contributed by atoms with Crippen LogP contribution in [0.1, 0.15) is 39.5 Å². The molecule has 2 N–H and O–H groups in total. The normalized spacial score (nSPS) is 23.9. The molecule has 0 spiro atoms. The standard InChI is InChI=1S/C16H27N3O2/c1-3-4-12(2)19-11-14(9-15(19)20)16(21)18-10-13-5-7-17-8-6-13/h5,12,14,17H,3-4,6-11H2,1-2H3,(H,18,21). The molecular formula is C16H27N3O2. The Kier molecular flexibility index (Phi) is 5.79. The van der Waals surface area contributed by atoms with E-state index in [2.05, 4.69) is 30.6 Å². The molecule has 118 valence electrons. The van der Waals surface area contributed by atoms with Gasteiger partial charge in [-0.3, -0.25) is 9.59 Å². The molecule has 2 amide bonds. The molecule has 2 aliphatic heterocycles. The van der Waals surface area contributed by atoms with Gasteiger partial charge in [0.25, 0.3) is 0 Å². The molecule has 2 atom stereocenters. The van der Waals surface area contributed by atoms with Crippen LogP contribution in [0.15, 0.2) is 11.6 Å². The van der Waals surface area contributed by atoms with Crippen LogP contribution in [0.5, 0.6) is 0 Å². The van der Waals surface area contributed by atoms with Gasteiger partial charge in [0.15, 0.2) is 0 Å². The Bertz CT molecular complexity index is 420. The molecular weight excluding hydrogens is 266 g/mol. The highest BCUT2D eigenvalue weighted by Crippen LogP contribution is 2.22. The third-order valence-electron chi connectivity index (χ3n) is 4.42. The number of hydrogen-bond acceptors (Lipinski definition) is 3. The van der Waals surface area contributed by atoms with E-state index in [0.717, 1.165) is 32.4 Å². The zero-order valence-corrected chi connectivity index (χ0v) is 13.2. The predicted molar refractivity (Wildman–Crippen MR) is 82.8 cm³/mol. The third kappa shape index (κ3) is 4.30. The van der Waals surface area contributed by atoms with Gasteiger partial charge >= 0.3 is 0 Å². The van der Waals surface area contributed by atoms with Crippen molar-refractivity contribution in [3.63, 3.8) is 0 Å². The summed E-state index contributed by atoms with van der Waals surface area (Å²) >= 11 is 0. The summed E-state index contributed by atoms with van der Waals surface area (Å²) in [5.74, 6) is -0.0368. The second kappa shape index (κ2) is 7.59. The SMILES string of the molecule is CCCC(C)N1CC(C(=O)NCC2=CCNCC2)CC1=O. The zero-order chi connectivity index (χ0) is 15.2. The molecule has 2 rings (SSSR count). The van der Waals surface area contributed by atoms with E-state index in [1.54, 1.807) is 0 Å². The molecule has 0 bridgehead atoms. The maximum atomic E-state index is 12.2. The largest absolute Gasteiger partial charge is 0.352 e. The summed E-state index contributed by atoms with van der Waals surface area (Å²) in [5, 5.41) is 6.25. The van der Waals surface area contributed by atoms with E-state index < -0.39 is 0 Å². The van der Waals surface area contributed by atoms with E-state index in [1.165, 1.54) is 5.57 Å². The van der Waals surface area contributed by atoms with Crippen molar-refractivity contribution in [2.24, 2.45) is 5.92 Å². The summed E-state index contributed by atoms with van der Waals surface area (Å²) in [6.45, 7) is 7.25. The molecule has 0 radical (unpaired) electrons. The molecule has 0 aromatic rings. The van der Waals surface area contributed by atoms with Crippen LogP contribution >= 0.6 is 0 Å². The van der Waals surface area contributed by atoms with Gasteiger partial charge in [0, 0.05) is 32.1 Å². The van der Waals surface area contributed by atoms with Gasteiger partial charge in [-0.05, 0) is 26.3 Å². The van der Waals surface area contributed by atoms with Gasteiger partial charge in [0.1, 0.15) is 0 Å². The third-order valence-corrected chi connectivity index (χ3v) is 4.42. The molecule has 0 aliphatic carbocycles. The predicted octanol–water partition coefficient (Wildman–Crippen LogP) is 1.06. The Morgan fingerprint density at radius 3 is 3.05 bits per heavy atom. The van der Waals surface area contributed by atoms with Crippen molar-refractivity contribution < 1.29 is 9.59 Å². The average molecular weight is 293 g/mol. The Balaban J connectivity index is 1.81. The monoisotopic (exact) mass is 293 g/mol. The number of carbonyl (C=O) groups is 2. The van der Waals surface area contributed by atoms with E-state index in [1.807, 2.05) is 4.90 Å². The average Bonchev–Trinajstić information content (AvgIpc) is 2.88. The van der Waals surface area contributed by atoms with Gasteiger partial charge in [0.2, 0.25) is 11.8 Å². The fourth-order valence-electron chi connectivity index (χ4n) is 3.08. The minimum atomic E-state index is -0.181. The van der Waals surface area contributed by atoms with E-state index >= 15 is 0 Å². The fraction of sp³-hybridized carbons (Fsp3) is 0.750. The van der Waals surface area contributed by atoms with Crippen molar-refractivity contribution >= 4 is 11.8 Å². The lowest BCUT2D eigenvalue weighted by molar-refractivity contribution is -0.130. The molecule has 2 unspecified atom stereocenters. The number of carbonyl (C=O) groups excluding carboxylic acids is 2. The molecule has 21 heavy (non-hydrogen) atoms. The number of rotatable bonds is 6. The van der Waals surface area contributed by atoms with Crippen LogP contribution in [0.25, 0.3) is 0 Å².